The van der Waals surface area contributed by atoms with E-state index in [1.807, 2.05) is 54.7 Å². The molecule has 0 aliphatic carbocycles. The number of aliphatic imine (C=N–C) groups is 1. The number of amides is 6. The number of esters is 1. The van der Waals surface area contributed by atoms with Crippen LogP contribution in [-0.4, -0.2) is 254 Å². The zero-order chi connectivity index (χ0) is 88.3. The van der Waals surface area contributed by atoms with Gasteiger partial charge in [0.15, 0.2) is 29.2 Å². The fourth-order valence-corrected chi connectivity index (χ4v) is 17.8. The molecular formula is C90H124Br2N10O19S. The third kappa shape index (κ3) is 27.5. The molecule has 32 heteroatoms. The van der Waals surface area contributed by atoms with E-state index in [0.29, 0.717) is 103 Å². The number of likely N-dealkylation sites (tertiary alicyclic amines) is 1. The predicted molar refractivity (Wildman–Crippen MR) is 474 cm³/mol. The van der Waals surface area contributed by atoms with Gasteiger partial charge in [-0.2, -0.15) is 0 Å². The van der Waals surface area contributed by atoms with E-state index in [4.69, 9.17) is 37.9 Å². The van der Waals surface area contributed by atoms with E-state index in [-0.39, 0.29) is 174 Å². The molecule has 11 atom stereocenters. The van der Waals surface area contributed by atoms with E-state index in [2.05, 4.69) is 81.2 Å². The van der Waals surface area contributed by atoms with E-state index < -0.39 is 63.5 Å². The molecule has 0 saturated carbocycles. The molecule has 3 saturated heterocycles. The Bertz CT molecular complexity index is 4350. The highest BCUT2D eigenvalue weighted by molar-refractivity contribution is 9.12. The van der Waals surface area contributed by atoms with Crippen LogP contribution in [0, 0.1) is 24.7 Å². The number of anilines is 2. The maximum absolute atomic E-state index is 14.5. The average molecular weight is 1840 g/mol. The summed E-state index contributed by atoms with van der Waals surface area (Å²) in [4.78, 5) is 150. The van der Waals surface area contributed by atoms with Gasteiger partial charge in [0, 0.05) is 108 Å². The number of hydrogen-bond donors (Lipinski definition) is 5. The summed E-state index contributed by atoms with van der Waals surface area (Å²) < 4.78 is 46.7. The molecule has 668 valence electrons. The molecule has 1 aromatic heterocycles. The van der Waals surface area contributed by atoms with Crippen LogP contribution in [0.1, 0.15) is 204 Å². The summed E-state index contributed by atoms with van der Waals surface area (Å²) in [6.45, 7) is 25.5. The SMILES string of the molecule is C=C1C[C@H]2C=Nc3cc(OCCCCCOc4cc5c(cc4C)C(=O)N4CC(=C)C[C@H]4C(C(=O)CCOCCOCCCC(=O)C(Br)C(Br)C(=O)NCCOCCOCCC(=O)Nc4cc(C[C@H](CCC)NC(=O)c6csc([C@@H](C[C@H](C(C)C)N(C)C(=O)[C@@H](CC(=O)[C@H]7CCCCN7C)[C@@H](C)CC)OC(C)=O)n6)ccc4O)N5)c(OC)cc3C(=O)N2C1. The predicted octanol–water partition coefficient (Wildman–Crippen LogP) is 12.6. The summed E-state index contributed by atoms with van der Waals surface area (Å²) in [6, 6.07) is 9.71. The van der Waals surface area contributed by atoms with Crippen LogP contribution in [0.2, 0.25) is 0 Å². The van der Waals surface area contributed by atoms with Crippen molar-refractivity contribution in [1.29, 1.82) is 0 Å². The van der Waals surface area contributed by atoms with Crippen molar-refractivity contribution in [2.45, 2.75) is 216 Å². The molecule has 5 aliphatic heterocycles. The number of fused-ring (bicyclic) bond motifs is 4. The first kappa shape index (κ1) is 97.3. The number of piperidine rings is 1. The number of alkyl halides is 2. The van der Waals surface area contributed by atoms with Crippen molar-refractivity contribution in [3.05, 3.63) is 105 Å². The number of Topliss-reactive ketones (excluding diaryl/α,β-unsaturated/α-hetero) is 3. The number of unbranched alkanes of at least 4 members (excludes halogenated alkanes) is 2. The minimum absolute atomic E-state index is 0.0269. The Hall–Kier alpha value is -8.50. The minimum Gasteiger partial charge on any atom is -0.506 e. The summed E-state index contributed by atoms with van der Waals surface area (Å²) in [6.07, 6.45) is 10.6. The number of carbonyl (C=O) groups is 10. The number of hydrogen-bond acceptors (Lipinski definition) is 24. The molecule has 29 nitrogen and oxygen atoms in total. The van der Waals surface area contributed by atoms with Crippen molar-refractivity contribution in [3.8, 4) is 23.0 Å². The van der Waals surface area contributed by atoms with Gasteiger partial charge in [0.1, 0.15) is 38.9 Å². The Balaban J connectivity index is 0.609. The van der Waals surface area contributed by atoms with Crippen LogP contribution < -0.4 is 35.5 Å². The first-order valence-electron chi connectivity index (χ1n) is 42.8. The Labute approximate surface area is 737 Å². The number of aromatic hydroxyl groups is 1. The third-order valence-electron chi connectivity index (χ3n) is 23.1. The molecule has 0 bridgehead atoms. The van der Waals surface area contributed by atoms with Crippen LogP contribution in [0.4, 0.5) is 17.1 Å². The monoisotopic (exact) mass is 1840 g/mol. The van der Waals surface area contributed by atoms with E-state index in [1.54, 1.807) is 70.8 Å². The number of phenols is 1. The quantitative estimate of drug-likeness (QED) is 0.00901. The van der Waals surface area contributed by atoms with E-state index >= 15 is 0 Å². The molecule has 0 spiro atoms. The Kier molecular flexibility index (Phi) is 38.4. The summed E-state index contributed by atoms with van der Waals surface area (Å²) in [5.74, 6) is -1.61. The van der Waals surface area contributed by atoms with Gasteiger partial charge in [-0.15, -0.1) is 11.3 Å². The molecule has 6 amide bonds. The Morgan fingerprint density at radius 3 is 2.16 bits per heavy atom. The topological polar surface area (TPSA) is 351 Å². The summed E-state index contributed by atoms with van der Waals surface area (Å²) in [7, 11) is 5.27. The molecule has 9 rings (SSSR count). The van der Waals surface area contributed by atoms with Crippen molar-refractivity contribution < 1.29 is 90.9 Å². The molecule has 0 radical (unpaired) electrons. The molecular weight excluding hydrogens is 1720 g/mol. The highest BCUT2D eigenvalue weighted by Crippen LogP contribution is 2.41. The molecule has 5 aliphatic rings. The molecule has 4 aromatic rings. The maximum atomic E-state index is 14.5. The van der Waals surface area contributed by atoms with E-state index in [9.17, 15) is 53.1 Å². The first-order valence-corrected chi connectivity index (χ1v) is 45.6. The number of phenolic OH excluding ortho intramolecular Hbond substituents is 1. The fraction of sp³-hybridized carbons (Fsp3) is 0.600. The number of aromatic nitrogens is 1. The van der Waals surface area contributed by atoms with Gasteiger partial charge in [-0.25, -0.2) is 4.98 Å². The second-order valence-corrected chi connectivity index (χ2v) is 35.6. The van der Waals surface area contributed by atoms with Crippen molar-refractivity contribution in [1.82, 2.24) is 35.2 Å². The number of rotatable bonds is 51. The molecule has 3 fully saturated rings. The van der Waals surface area contributed by atoms with Gasteiger partial charge in [0.2, 0.25) is 17.7 Å². The van der Waals surface area contributed by atoms with E-state index in [1.165, 1.54) is 24.3 Å². The van der Waals surface area contributed by atoms with Crippen LogP contribution >= 0.6 is 43.2 Å². The number of ether oxygens (including phenoxy) is 8. The van der Waals surface area contributed by atoms with Crippen molar-refractivity contribution in [3.63, 3.8) is 0 Å². The lowest BCUT2D eigenvalue weighted by molar-refractivity contribution is -0.149. The number of thiazole rings is 1. The second kappa shape index (κ2) is 48.1. The van der Waals surface area contributed by atoms with Crippen molar-refractivity contribution in [2.75, 3.05) is 124 Å². The number of nitrogens with zero attached hydrogens (tertiary/aromatic N) is 6. The minimum atomic E-state index is -0.861. The smallest absolute Gasteiger partial charge is 0.303 e. The van der Waals surface area contributed by atoms with Crippen LogP contribution in [-0.2, 0) is 63.7 Å². The van der Waals surface area contributed by atoms with Gasteiger partial charge in [0.05, 0.1) is 124 Å². The highest BCUT2D eigenvalue weighted by Gasteiger charge is 2.45. The third-order valence-corrected chi connectivity index (χ3v) is 26.7. The maximum Gasteiger partial charge on any atom is 0.303 e. The van der Waals surface area contributed by atoms with Crippen molar-refractivity contribution >= 4 is 125 Å². The molecule has 5 N–H and O–H groups in total. The lowest BCUT2D eigenvalue weighted by atomic mass is 9.83. The number of ketones is 3. The number of benzene rings is 3. The number of methoxy groups -OCH3 is 1. The molecule has 3 aromatic carbocycles. The van der Waals surface area contributed by atoms with Crippen LogP contribution in [0.25, 0.3) is 0 Å². The zero-order valence-corrected chi connectivity index (χ0v) is 76.3. The lowest BCUT2D eigenvalue weighted by Gasteiger charge is -2.37. The Morgan fingerprint density at radius 1 is 0.770 bits per heavy atom. The van der Waals surface area contributed by atoms with Crippen LogP contribution in [0.3, 0.4) is 0 Å². The standard InChI is InChI=1S/C90H124Br2N10O19S/c1-13-21-61(95-85(109)69-53-122-87(98-69)80(121-59(9)103)49-71(54(3)4)100(11)88(111)63(57(7)14-2)45-76(107)70-22-16-17-29-99(70)10)43-60-24-25-73(104)68(44-60)96-81(108)27-34-117-38-39-118-35-28-93-86(110)83(92)82(91)74(105)23-20-30-115-36-37-116-33-26-75(106)84-72-41-56(6)52-102(72)90(113)64-42-58(8)77(48-67(64)97-84)119-31-18-15-19-32-120-79-47-66-65(46-78(79)114-12)89(112)101-51-55(5)40-62(101)50-94-66/h24-25,42,44,46-48,50,53-54,57,61-63,70-72,80,82-84,97,104H,5-6,13-23,26-41,43,45,49,51-52H2,1-4,7-12H3,(H,93,110)(H,95,109)(H,96,108)/t57-,61-,62-,63-,70+,71+,72-,80+,82?,83?,84?/m0/s1. The number of likely N-dealkylation sites (N-methyl/N-ethyl adjacent to an activating group) is 1. The van der Waals surface area contributed by atoms with Crippen LogP contribution in [0.15, 0.2) is 77.1 Å². The fourth-order valence-electron chi connectivity index (χ4n) is 16.1. The largest absolute Gasteiger partial charge is 0.506 e. The van der Waals surface area contributed by atoms with Gasteiger partial charge in [0.25, 0.3) is 17.7 Å². The van der Waals surface area contributed by atoms with Gasteiger partial charge >= 0.3 is 5.97 Å². The molecule has 6 heterocycles. The summed E-state index contributed by atoms with van der Waals surface area (Å²) in [5, 5.41) is 24.8. The summed E-state index contributed by atoms with van der Waals surface area (Å²) in [5.41, 5.74) is 5.71. The molecule has 3 unspecified atom stereocenters. The number of carbonyl (C=O) groups excluding carboxylic acids is 10. The zero-order valence-electron chi connectivity index (χ0n) is 72.3. The average Bonchev–Trinajstić information content (AvgIpc) is 1.62. The highest BCUT2D eigenvalue weighted by atomic mass is 79.9. The van der Waals surface area contributed by atoms with Gasteiger partial charge in [-0.1, -0.05) is 116 Å². The first-order chi connectivity index (χ1) is 58.5. The van der Waals surface area contributed by atoms with Gasteiger partial charge in [-0.3, -0.25) is 57.8 Å². The van der Waals surface area contributed by atoms with Gasteiger partial charge < -0.3 is 79.0 Å². The number of nitrogens with one attached hydrogen (secondary N) is 4. The number of halogens is 2. The van der Waals surface area contributed by atoms with Gasteiger partial charge in [-0.05, 0) is 132 Å². The second-order valence-electron chi connectivity index (χ2n) is 32.7. The normalized spacial score (nSPS) is 18.7. The van der Waals surface area contributed by atoms with Crippen molar-refractivity contribution in [2.24, 2.45) is 22.7 Å². The molecule has 122 heavy (non-hydrogen) atoms. The van der Waals surface area contributed by atoms with E-state index in [0.717, 1.165) is 80.2 Å². The lowest BCUT2D eigenvalue weighted by Crippen LogP contribution is -2.48. The summed E-state index contributed by atoms with van der Waals surface area (Å²) >= 11 is 7.92. The Morgan fingerprint density at radius 2 is 1.46 bits per heavy atom. The number of aryl methyl sites for hydroxylation is 1. The van der Waals surface area contributed by atoms with Crippen LogP contribution in [0.5, 0.6) is 23.0 Å².